The van der Waals surface area contributed by atoms with Crippen LogP contribution in [0.15, 0.2) is 53.5 Å². The Morgan fingerprint density at radius 2 is 1.82 bits per heavy atom. The summed E-state index contributed by atoms with van der Waals surface area (Å²) in [5.41, 5.74) is 1.16. The van der Waals surface area contributed by atoms with E-state index in [0.717, 1.165) is 18.5 Å². The van der Waals surface area contributed by atoms with Gasteiger partial charge in [0.2, 0.25) is 17.7 Å². The number of nitrogens with one attached hydrogen (secondary N) is 2. The summed E-state index contributed by atoms with van der Waals surface area (Å²) in [6.45, 7) is 10.2. The Hall–Kier alpha value is -4.32. The van der Waals surface area contributed by atoms with Crippen LogP contribution in [0.25, 0.3) is 0 Å². The molecule has 0 unspecified atom stereocenters. The van der Waals surface area contributed by atoms with Gasteiger partial charge in [0.1, 0.15) is 5.75 Å². The van der Waals surface area contributed by atoms with E-state index in [2.05, 4.69) is 51.3 Å². The average molecular weight is 551 g/mol. The van der Waals surface area contributed by atoms with Crippen LogP contribution < -0.4 is 30.0 Å². The summed E-state index contributed by atoms with van der Waals surface area (Å²) in [5.74, 6) is 1.04. The molecule has 0 saturated carbocycles. The SMILES string of the molecule is COc1nc(NCCCn2ccnc2)nc(OC)c1NC(=O)c1ccc(Oc2cc([Si](C)(C)C)ccc2C)o1. The van der Waals surface area contributed by atoms with Gasteiger partial charge in [0, 0.05) is 31.5 Å². The van der Waals surface area contributed by atoms with Gasteiger partial charge in [-0.2, -0.15) is 9.97 Å². The van der Waals surface area contributed by atoms with E-state index in [1.54, 1.807) is 24.7 Å². The molecule has 0 fully saturated rings. The number of ether oxygens (including phenoxy) is 3. The quantitative estimate of drug-likeness (QED) is 0.191. The second-order valence-corrected chi connectivity index (χ2v) is 15.0. The van der Waals surface area contributed by atoms with Gasteiger partial charge in [-0.15, -0.1) is 0 Å². The lowest BCUT2D eigenvalue weighted by atomic mass is 10.2. The van der Waals surface area contributed by atoms with E-state index in [9.17, 15) is 4.79 Å². The molecule has 3 aromatic heterocycles. The fourth-order valence-corrected chi connectivity index (χ4v) is 4.89. The third-order valence-electron chi connectivity index (χ3n) is 5.97. The summed E-state index contributed by atoms with van der Waals surface area (Å²) >= 11 is 0. The number of methoxy groups -OCH3 is 2. The molecule has 4 aromatic rings. The molecule has 0 bridgehead atoms. The number of amides is 1. The summed E-state index contributed by atoms with van der Waals surface area (Å²) in [7, 11) is 1.39. The molecule has 3 heterocycles. The molecule has 4 rings (SSSR count). The molecule has 0 radical (unpaired) electrons. The minimum atomic E-state index is -1.52. The standard InChI is InChI=1S/C27H34N6O5Si/c1-18-8-9-19(39(4,5)6)16-21(18)38-22-11-10-20(37-22)24(34)30-23-25(35-2)31-27(32-26(23)36-3)29-12-7-14-33-15-13-28-17-33/h8-11,13,15-17H,7,12,14H2,1-6H3,(H,30,34)(H,29,31,32). The second kappa shape index (κ2) is 12.0. The van der Waals surface area contributed by atoms with Gasteiger partial charge in [-0.25, -0.2) is 4.98 Å². The number of rotatable bonds is 12. The molecule has 0 atom stereocenters. The minimum Gasteiger partial charge on any atom is -0.479 e. The van der Waals surface area contributed by atoms with Crippen LogP contribution in [0.1, 0.15) is 22.5 Å². The maximum Gasteiger partial charge on any atom is 0.291 e. The van der Waals surface area contributed by atoms with E-state index in [1.165, 1.54) is 19.4 Å². The number of aryl methyl sites for hydroxylation is 2. The molecular weight excluding hydrogens is 516 g/mol. The van der Waals surface area contributed by atoms with E-state index in [0.29, 0.717) is 18.2 Å². The summed E-state index contributed by atoms with van der Waals surface area (Å²) in [6, 6.07) is 9.37. The zero-order valence-corrected chi connectivity index (χ0v) is 24.1. The number of hydrogen-bond acceptors (Lipinski definition) is 9. The van der Waals surface area contributed by atoms with Crippen LogP contribution in [-0.2, 0) is 6.54 Å². The lowest BCUT2D eigenvalue weighted by molar-refractivity contribution is 0.0990. The Bertz CT molecular complexity index is 1390. The highest BCUT2D eigenvalue weighted by Crippen LogP contribution is 2.33. The first-order valence-electron chi connectivity index (χ1n) is 12.6. The average Bonchev–Trinajstić information content (AvgIpc) is 3.60. The van der Waals surface area contributed by atoms with Crippen LogP contribution in [0.2, 0.25) is 19.6 Å². The number of benzene rings is 1. The Balaban J connectivity index is 1.44. The van der Waals surface area contributed by atoms with Gasteiger partial charge in [-0.3, -0.25) is 4.79 Å². The normalized spacial score (nSPS) is 11.2. The third-order valence-corrected chi connectivity index (χ3v) is 8.02. The molecule has 1 aromatic carbocycles. The zero-order chi connectivity index (χ0) is 28.0. The van der Waals surface area contributed by atoms with Gasteiger partial charge < -0.3 is 33.8 Å². The van der Waals surface area contributed by atoms with Crippen molar-refractivity contribution in [2.24, 2.45) is 0 Å². The molecule has 12 heteroatoms. The fraction of sp³-hybridized carbons (Fsp3) is 0.333. The third kappa shape index (κ3) is 6.96. The maximum absolute atomic E-state index is 13.0. The predicted molar refractivity (Wildman–Crippen MR) is 151 cm³/mol. The first-order valence-corrected chi connectivity index (χ1v) is 16.1. The number of carbonyl (C=O) groups excluding carboxylic acids is 1. The summed E-state index contributed by atoms with van der Waals surface area (Å²) in [5, 5.41) is 7.15. The van der Waals surface area contributed by atoms with E-state index in [1.807, 2.05) is 29.8 Å². The lowest BCUT2D eigenvalue weighted by Crippen LogP contribution is -2.37. The second-order valence-electron chi connectivity index (χ2n) is 9.93. The molecule has 11 nitrogen and oxygen atoms in total. The highest BCUT2D eigenvalue weighted by atomic mass is 28.3. The Morgan fingerprint density at radius 3 is 2.46 bits per heavy atom. The summed E-state index contributed by atoms with van der Waals surface area (Å²) < 4.78 is 24.5. The van der Waals surface area contributed by atoms with E-state index >= 15 is 0 Å². The summed E-state index contributed by atoms with van der Waals surface area (Å²) in [4.78, 5) is 25.8. The number of aromatic nitrogens is 4. The molecule has 39 heavy (non-hydrogen) atoms. The first kappa shape index (κ1) is 27.7. The molecule has 2 N–H and O–H groups in total. The van der Waals surface area contributed by atoms with Crippen LogP contribution in [0.4, 0.5) is 11.6 Å². The Labute approximate surface area is 228 Å². The smallest absolute Gasteiger partial charge is 0.291 e. The number of imidazole rings is 1. The number of hydrogen-bond donors (Lipinski definition) is 2. The van der Waals surface area contributed by atoms with E-state index in [4.69, 9.17) is 18.6 Å². The zero-order valence-electron chi connectivity index (χ0n) is 23.1. The van der Waals surface area contributed by atoms with Crippen molar-refractivity contribution in [3.63, 3.8) is 0 Å². The van der Waals surface area contributed by atoms with Crippen LogP contribution in [-0.4, -0.2) is 54.3 Å². The van der Waals surface area contributed by atoms with Crippen LogP contribution in [0.5, 0.6) is 23.5 Å². The molecule has 0 aliphatic carbocycles. The molecule has 0 aliphatic rings. The lowest BCUT2D eigenvalue weighted by Gasteiger charge is -2.18. The van der Waals surface area contributed by atoms with Crippen molar-refractivity contribution in [2.75, 3.05) is 31.4 Å². The minimum absolute atomic E-state index is 0.0508. The molecular formula is C27H34N6O5Si. The molecule has 0 spiro atoms. The first-order chi connectivity index (χ1) is 18.7. The van der Waals surface area contributed by atoms with Crippen molar-refractivity contribution in [3.8, 4) is 23.5 Å². The Kier molecular flexibility index (Phi) is 8.54. The van der Waals surface area contributed by atoms with Crippen molar-refractivity contribution in [2.45, 2.75) is 39.5 Å². The molecule has 1 amide bonds. The van der Waals surface area contributed by atoms with Crippen LogP contribution in [0, 0.1) is 6.92 Å². The number of carbonyl (C=O) groups is 1. The number of anilines is 2. The van der Waals surface area contributed by atoms with E-state index in [-0.39, 0.29) is 29.2 Å². The van der Waals surface area contributed by atoms with Gasteiger partial charge in [0.25, 0.3) is 11.9 Å². The van der Waals surface area contributed by atoms with Crippen LogP contribution in [0.3, 0.4) is 0 Å². The molecule has 0 aliphatic heterocycles. The largest absolute Gasteiger partial charge is 0.479 e. The van der Waals surface area contributed by atoms with Gasteiger partial charge in [0.05, 0.1) is 28.6 Å². The fourth-order valence-electron chi connectivity index (χ4n) is 3.74. The monoisotopic (exact) mass is 550 g/mol. The van der Waals surface area contributed by atoms with Crippen molar-refractivity contribution < 1.29 is 23.4 Å². The van der Waals surface area contributed by atoms with Gasteiger partial charge >= 0.3 is 0 Å². The number of furan rings is 1. The maximum atomic E-state index is 13.0. The highest BCUT2D eigenvalue weighted by molar-refractivity contribution is 6.88. The highest BCUT2D eigenvalue weighted by Gasteiger charge is 2.22. The Morgan fingerprint density at radius 1 is 1.08 bits per heavy atom. The number of nitrogens with zero attached hydrogens (tertiary/aromatic N) is 4. The van der Waals surface area contributed by atoms with Crippen molar-refractivity contribution >= 4 is 30.8 Å². The van der Waals surface area contributed by atoms with Crippen molar-refractivity contribution in [3.05, 3.63) is 60.4 Å². The van der Waals surface area contributed by atoms with Gasteiger partial charge in [-0.05, 0) is 31.0 Å². The van der Waals surface area contributed by atoms with Gasteiger partial charge in [-0.1, -0.05) is 37.0 Å². The van der Waals surface area contributed by atoms with Crippen molar-refractivity contribution in [1.82, 2.24) is 19.5 Å². The molecule has 0 saturated heterocycles. The summed E-state index contributed by atoms with van der Waals surface area (Å²) in [6.07, 6.45) is 6.24. The van der Waals surface area contributed by atoms with Gasteiger partial charge in [0.15, 0.2) is 11.4 Å². The van der Waals surface area contributed by atoms with Crippen molar-refractivity contribution in [1.29, 1.82) is 0 Å². The molecule has 206 valence electrons. The topological polar surface area (TPSA) is 126 Å². The predicted octanol–water partition coefficient (Wildman–Crippen LogP) is 4.68. The van der Waals surface area contributed by atoms with Crippen LogP contribution >= 0.6 is 0 Å². The van der Waals surface area contributed by atoms with E-state index < -0.39 is 14.0 Å².